The summed E-state index contributed by atoms with van der Waals surface area (Å²) in [5.74, 6) is -2.71. The fraction of sp³-hybridized carbons (Fsp3) is 0.538. The van der Waals surface area contributed by atoms with E-state index in [0.29, 0.717) is 0 Å². The summed E-state index contributed by atoms with van der Waals surface area (Å²) in [6.07, 6.45) is 0.627. The Bertz CT molecular complexity index is 430. The van der Waals surface area contributed by atoms with Crippen molar-refractivity contribution < 1.29 is 33.4 Å². The highest BCUT2D eigenvalue weighted by Gasteiger charge is 2.22. The van der Waals surface area contributed by atoms with Gasteiger partial charge in [0.1, 0.15) is 6.54 Å². The van der Waals surface area contributed by atoms with E-state index < -0.39 is 29.9 Å². The second-order valence-electron chi connectivity index (χ2n) is 3.93. The highest BCUT2D eigenvalue weighted by molar-refractivity contribution is 5.93. The number of amides is 1. The van der Waals surface area contributed by atoms with Gasteiger partial charge in [0.15, 0.2) is 6.10 Å². The van der Waals surface area contributed by atoms with Gasteiger partial charge in [-0.25, -0.2) is 9.59 Å². The molecule has 8 nitrogen and oxygen atoms in total. The van der Waals surface area contributed by atoms with E-state index in [1.165, 1.54) is 14.0 Å². The average Bonchev–Trinajstić information content (AvgIpc) is 2.43. The summed E-state index contributed by atoms with van der Waals surface area (Å²) < 4.78 is 13.8. The molecule has 0 fully saturated rings. The molecule has 0 rings (SSSR count). The second-order valence-corrected chi connectivity index (χ2v) is 3.93. The number of nitrogens with zero attached hydrogens (tertiary/aromatic N) is 1. The Balaban J connectivity index is 4.37. The lowest BCUT2D eigenvalue weighted by atomic mass is 10.3. The molecule has 0 saturated heterocycles. The first-order valence-corrected chi connectivity index (χ1v) is 6.19. The number of ether oxygens (including phenoxy) is 3. The molecule has 1 atom stereocenters. The Morgan fingerprint density at radius 2 is 1.71 bits per heavy atom. The average molecular weight is 301 g/mol. The summed E-state index contributed by atoms with van der Waals surface area (Å²) in [6, 6.07) is 0. The predicted octanol–water partition coefficient (Wildman–Crippen LogP) is -0.331. The van der Waals surface area contributed by atoms with E-state index in [0.717, 1.165) is 24.2 Å². The first kappa shape index (κ1) is 18.6. The molecule has 0 heterocycles. The standard InChI is InChI=1S/C13H19NO7/c1-5-20-12(17)8-14(3)13(18)9(2)21-11(16)7-6-10(15)19-4/h6-7,9H,5,8H2,1-4H3/b7-6+. The summed E-state index contributed by atoms with van der Waals surface area (Å²) in [7, 11) is 2.54. The van der Waals surface area contributed by atoms with Crippen molar-refractivity contribution in [3.05, 3.63) is 12.2 Å². The molecule has 1 amide bonds. The molecule has 0 aromatic carbocycles. The molecule has 0 aromatic rings. The number of carbonyl (C=O) groups is 4. The molecule has 0 bridgehead atoms. The van der Waals surface area contributed by atoms with Gasteiger partial charge >= 0.3 is 17.9 Å². The fourth-order valence-corrected chi connectivity index (χ4v) is 1.26. The van der Waals surface area contributed by atoms with Crippen LogP contribution in [0.3, 0.4) is 0 Å². The lowest BCUT2D eigenvalue weighted by molar-refractivity contribution is -0.157. The van der Waals surface area contributed by atoms with Gasteiger partial charge < -0.3 is 19.1 Å². The summed E-state index contributed by atoms with van der Waals surface area (Å²) in [6.45, 7) is 2.97. The number of hydrogen-bond acceptors (Lipinski definition) is 7. The third-order valence-corrected chi connectivity index (χ3v) is 2.25. The summed E-state index contributed by atoms with van der Waals surface area (Å²) in [5.41, 5.74) is 0. The zero-order chi connectivity index (χ0) is 16.4. The van der Waals surface area contributed by atoms with Gasteiger partial charge in [0, 0.05) is 19.2 Å². The van der Waals surface area contributed by atoms with Gasteiger partial charge in [-0.3, -0.25) is 9.59 Å². The van der Waals surface area contributed by atoms with E-state index in [2.05, 4.69) is 4.74 Å². The lowest BCUT2D eigenvalue weighted by Gasteiger charge is -2.20. The topological polar surface area (TPSA) is 99.2 Å². The van der Waals surface area contributed by atoms with Gasteiger partial charge in [-0.1, -0.05) is 0 Å². The molecule has 0 radical (unpaired) electrons. The molecule has 0 aliphatic carbocycles. The highest BCUT2D eigenvalue weighted by Crippen LogP contribution is 1.99. The Kier molecular flexibility index (Phi) is 8.43. The van der Waals surface area contributed by atoms with E-state index in [-0.39, 0.29) is 13.2 Å². The van der Waals surface area contributed by atoms with Crippen LogP contribution in [0.5, 0.6) is 0 Å². The maximum absolute atomic E-state index is 11.8. The van der Waals surface area contributed by atoms with E-state index in [1.807, 2.05) is 0 Å². The van der Waals surface area contributed by atoms with E-state index in [4.69, 9.17) is 9.47 Å². The predicted molar refractivity (Wildman–Crippen MR) is 71.0 cm³/mol. The van der Waals surface area contributed by atoms with Crippen LogP contribution in [0.25, 0.3) is 0 Å². The largest absolute Gasteiger partial charge is 0.466 e. The van der Waals surface area contributed by atoms with Crippen LogP contribution >= 0.6 is 0 Å². The van der Waals surface area contributed by atoms with Crippen molar-refractivity contribution in [2.24, 2.45) is 0 Å². The minimum atomic E-state index is -1.10. The number of methoxy groups -OCH3 is 1. The minimum absolute atomic E-state index is 0.212. The highest BCUT2D eigenvalue weighted by atomic mass is 16.5. The van der Waals surface area contributed by atoms with Crippen LogP contribution < -0.4 is 0 Å². The molecule has 0 saturated carbocycles. The van der Waals surface area contributed by atoms with Crippen molar-refractivity contribution in [2.75, 3.05) is 27.3 Å². The molecule has 1 unspecified atom stereocenters. The van der Waals surface area contributed by atoms with Crippen molar-refractivity contribution in [3.8, 4) is 0 Å². The molecule has 0 N–H and O–H groups in total. The van der Waals surface area contributed by atoms with E-state index in [9.17, 15) is 19.2 Å². The van der Waals surface area contributed by atoms with Crippen molar-refractivity contribution in [1.82, 2.24) is 4.90 Å². The van der Waals surface area contributed by atoms with Crippen molar-refractivity contribution in [3.63, 3.8) is 0 Å². The van der Waals surface area contributed by atoms with Crippen molar-refractivity contribution >= 4 is 23.8 Å². The SMILES string of the molecule is CCOC(=O)CN(C)C(=O)C(C)OC(=O)/C=C/C(=O)OC. The molecular weight excluding hydrogens is 282 g/mol. The second kappa shape index (κ2) is 9.51. The zero-order valence-electron chi connectivity index (χ0n) is 12.5. The van der Waals surface area contributed by atoms with Gasteiger partial charge in [0.05, 0.1) is 13.7 Å². The van der Waals surface area contributed by atoms with Gasteiger partial charge in [-0.15, -0.1) is 0 Å². The molecule has 21 heavy (non-hydrogen) atoms. The van der Waals surface area contributed by atoms with Crippen LogP contribution in [0.2, 0.25) is 0 Å². The first-order valence-electron chi connectivity index (χ1n) is 6.19. The zero-order valence-corrected chi connectivity index (χ0v) is 12.5. The molecule has 118 valence electrons. The summed E-state index contributed by atoms with van der Waals surface area (Å²) in [4.78, 5) is 46.3. The molecular formula is C13H19NO7. The quantitative estimate of drug-likeness (QED) is 0.360. The van der Waals surface area contributed by atoms with Crippen LogP contribution in [-0.2, 0) is 33.4 Å². The fourth-order valence-electron chi connectivity index (χ4n) is 1.26. The van der Waals surface area contributed by atoms with Crippen LogP contribution in [-0.4, -0.2) is 62.1 Å². The first-order chi connectivity index (χ1) is 9.81. The van der Waals surface area contributed by atoms with Crippen LogP contribution in [0.4, 0.5) is 0 Å². The number of likely N-dealkylation sites (N-methyl/N-ethyl adjacent to an activating group) is 1. The third-order valence-electron chi connectivity index (χ3n) is 2.25. The van der Waals surface area contributed by atoms with Crippen molar-refractivity contribution in [2.45, 2.75) is 20.0 Å². The molecule has 8 heteroatoms. The normalized spacial score (nSPS) is 11.6. The number of rotatable bonds is 7. The maximum atomic E-state index is 11.8. The van der Waals surface area contributed by atoms with Crippen LogP contribution in [0, 0.1) is 0 Å². The Morgan fingerprint density at radius 1 is 1.14 bits per heavy atom. The molecule has 0 spiro atoms. The van der Waals surface area contributed by atoms with Gasteiger partial charge in [0.2, 0.25) is 0 Å². The Morgan fingerprint density at radius 3 is 2.24 bits per heavy atom. The van der Waals surface area contributed by atoms with Gasteiger partial charge in [-0.05, 0) is 13.8 Å². The maximum Gasteiger partial charge on any atom is 0.331 e. The number of hydrogen-bond donors (Lipinski definition) is 0. The van der Waals surface area contributed by atoms with Crippen LogP contribution in [0.1, 0.15) is 13.8 Å². The summed E-state index contributed by atoms with van der Waals surface area (Å²) >= 11 is 0. The van der Waals surface area contributed by atoms with E-state index >= 15 is 0 Å². The third kappa shape index (κ3) is 7.71. The minimum Gasteiger partial charge on any atom is -0.466 e. The van der Waals surface area contributed by atoms with Gasteiger partial charge in [-0.2, -0.15) is 0 Å². The van der Waals surface area contributed by atoms with E-state index in [1.54, 1.807) is 6.92 Å². The molecule has 0 aliphatic heterocycles. The van der Waals surface area contributed by atoms with Crippen molar-refractivity contribution in [1.29, 1.82) is 0 Å². The Hall–Kier alpha value is -2.38. The smallest absolute Gasteiger partial charge is 0.331 e. The Labute approximate surface area is 122 Å². The lowest BCUT2D eigenvalue weighted by Crippen LogP contribution is -2.40. The number of carbonyl (C=O) groups excluding carboxylic acids is 4. The monoisotopic (exact) mass is 301 g/mol. The molecule has 0 aromatic heterocycles. The molecule has 0 aliphatic rings. The number of esters is 3. The van der Waals surface area contributed by atoms with Crippen LogP contribution in [0.15, 0.2) is 12.2 Å². The summed E-state index contributed by atoms with van der Waals surface area (Å²) in [5, 5.41) is 0. The van der Waals surface area contributed by atoms with Gasteiger partial charge in [0.25, 0.3) is 5.91 Å².